The van der Waals surface area contributed by atoms with E-state index in [1.165, 1.54) is 31.3 Å². The van der Waals surface area contributed by atoms with Crippen LogP contribution in [0.15, 0.2) is 52.1 Å². The van der Waals surface area contributed by atoms with Gasteiger partial charge in [0.1, 0.15) is 0 Å². The standard InChI is InChI=1S/C30H44F3N3O/c1-3-34-25-12-8-7-9-22(15-18-25)14-13-21(2)28-35-29(37-36-28)24-16-19-26(23-10-5-4-6-11-23)27(20-17-24)30(31,32)33/h4-5,13-14,19,23-25,27,29,34H,3,6-12,15-18,20H2,1-2H3,(H,35,36)/b21-13+,22-14+. The van der Waals surface area contributed by atoms with Crippen LogP contribution < -0.4 is 10.8 Å². The highest BCUT2D eigenvalue weighted by Gasteiger charge is 2.45. The van der Waals surface area contributed by atoms with Crippen molar-refractivity contribution in [2.45, 2.75) is 109 Å². The summed E-state index contributed by atoms with van der Waals surface area (Å²) in [5, 5.41) is 3.60. The van der Waals surface area contributed by atoms with Crippen LogP contribution in [0.5, 0.6) is 0 Å². The van der Waals surface area contributed by atoms with Crippen LogP contribution in [0.2, 0.25) is 0 Å². The van der Waals surface area contributed by atoms with Crippen molar-refractivity contribution in [2.24, 2.45) is 22.7 Å². The van der Waals surface area contributed by atoms with Crippen LogP contribution >= 0.6 is 0 Å². The van der Waals surface area contributed by atoms with Crippen LogP contribution in [0.25, 0.3) is 0 Å². The van der Waals surface area contributed by atoms with E-state index in [0.29, 0.717) is 36.7 Å². The number of rotatable bonds is 6. The van der Waals surface area contributed by atoms with E-state index in [-0.39, 0.29) is 18.3 Å². The fourth-order valence-electron chi connectivity index (χ4n) is 6.29. The minimum atomic E-state index is -4.21. The molecule has 0 radical (unpaired) electrons. The Hall–Kier alpha value is -1.86. The first-order valence-corrected chi connectivity index (χ1v) is 14.4. The van der Waals surface area contributed by atoms with Gasteiger partial charge in [0, 0.05) is 12.0 Å². The molecule has 4 nitrogen and oxygen atoms in total. The van der Waals surface area contributed by atoms with E-state index >= 15 is 0 Å². The molecule has 5 atom stereocenters. The van der Waals surface area contributed by atoms with Crippen LogP contribution in [0, 0.1) is 17.8 Å². The number of hydrogen-bond donors (Lipinski definition) is 2. The molecular formula is C30H44F3N3O. The maximum absolute atomic E-state index is 14.0. The summed E-state index contributed by atoms with van der Waals surface area (Å²) in [5.74, 6) is -0.727. The first-order chi connectivity index (χ1) is 17.8. The van der Waals surface area contributed by atoms with Gasteiger partial charge in [-0.05, 0) is 95.6 Å². The van der Waals surface area contributed by atoms with E-state index in [0.717, 1.165) is 37.8 Å². The van der Waals surface area contributed by atoms with Gasteiger partial charge in [-0.15, -0.1) is 0 Å². The average molecular weight is 520 g/mol. The summed E-state index contributed by atoms with van der Waals surface area (Å²) < 4.78 is 42.0. The number of alkyl halides is 3. The van der Waals surface area contributed by atoms with E-state index in [4.69, 9.17) is 9.83 Å². The minimum absolute atomic E-state index is 0.00316. The van der Waals surface area contributed by atoms with E-state index in [1.54, 1.807) is 0 Å². The van der Waals surface area contributed by atoms with Crippen molar-refractivity contribution >= 4 is 5.84 Å². The van der Waals surface area contributed by atoms with E-state index in [2.05, 4.69) is 35.9 Å². The summed E-state index contributed by atoms with van der Waals surface area (Å²) in [7, 11) is 0. The Morgan fingerprint density at radius 1 is 1.11 bits per heavy atom. The molecule has 0 bridgehead atoms. The molecule has 1 fully saturated rings. The predicted molar refractivity (Wildman–Crippen MR) is 144 cm³/mol. The van der Waals surface area contributed by atoms with Crippen molar-refractivity contribution < 1.29 is 18.0 Å². The number of amidine groups is 1. The summed E-state index contributed by atoms with van der Waals surface area (Å²) >= 11 is 0. The largest absolute Gasteiger partial charge is 0.395 e. The highest BCUT2D eigenvalue weighted by Crippen LogP contribution is 2.45. The van der Waals surface area contributed by atoms with Gasteiger partial charge in [0.15, 0.2) is 12.1 Å². The molecule has 1 saturated carbocycles. The van der Waals surface area contributed by atoms with E-state index < -0.39 is 18.3 Å². The van der Waals surface area contributed by atoms with Crippen molar-refractivity contribution in [1.29, 1.82) is 0 Å². The molecule has 4 rings (SSSR count). The monoisotopic (exact) mass is 519 g/mol. The number of hydroxylamine groups is 1. The lowest BCUT2D eigenvalue weighted by Crippen LogP contribution is -2.29. The normalized spacial score (nSPS) is 33.3. The van der Waals surface area contributed by atoms with Crippen LogP contribution in [0.1, 0.15) is 90.9 Å². The maximum atomic E-state index is 14.0. The highest BCUT2D eigenvalue weighted by atomic mass is 19.4. The first-order valence-electron chi connectivity index (χ1n) is 14.4. The Balaban J connectivity index is 1.41. The van der Waals surface area contributed by atoms with Crippen LogP contribution in [0.4, 0.5) is 13.2 Å². The third kappa shape index (κ3) is 7.82. The molecule has 206 valence electrons. The smallest absolute Gasteiger partial charge is 0.314 e. The molecular weight excluding hydrogens is 475 g/mol. The van der Waals surface area contributed by atoms with E-state index in [9.17, 15) is 13.2 Å². The number of nitrogens with zero attached hydrogens (tertiary/aromatic N) is 1. The minimum Gasteiger partial charge on any atom is -0.314 e. The lowest BCUT2D eigenvalue weighted by Gasteiger charge is -2.29. The molecule has 0 saturated heterocycles. The second-order valence-corrected chi connectivity index (χ2v) is 11.2. The summed E-state index contributed by atoms with van der Waals surface area (Å²) in [6.45, 7) is 5.20. The maximum Gasteiger partial charge on any atom is 0.395 e. The first kappa shape index (κ1) is 28.2. The van der Waals surface area contributed by atoms with Gasteiger partial charge in [0.05, 0.1) is 5.92 Å². The molecule has 0 aromatic rings. The van der Waals surface area contributed by atoms with Crippen molar-refractivity contribution in [3.8, 4) is 0 Å². The summed E-state index contributed by atoms with van der Waals surface area (Å²) in [6, 6.07) is 0.606. The van der Waals surface area contributed by atoms with Crippen molar-refractivity contribution in [3.63, 3.8) is 0 Å². The second-order valence-electron chi connectivity index (χ2n) is 11.2. The number of hydrogen-bond acceptors (Lipinski definition) is 4. The molecule has 0 amide bonds. The van der Waals surface area contributed by atoms with Crippen LogP contribution in [-0.4, -0.2) is 30.8 Å². The number of nitrogens with one attached hydrogen (secondary N) is 2. The van der Waals surface area contributed by atoms with Gasteiger partial charge in [-0.3, -0.25) is 0 Å². The molecule has 7 heteroatoms. The molecule has 0 aromatic carbocycles. The SMILES string of the molecule is CCNC1CCCC/C(=C\C=C(/C)C2=NC(C3CC=C(C4CC=CCC4)C(C(F)(F)F)CC3)ON2)CC1. The van der Waals surface area contributed by atoms with Gasteiger partial charge in [-0.2, -0.15) is 13.2 Å². The molecule has 4 aliphatic rings. The Bertz CT molecular complexity index is 918. The molecule has 0 spiro atoms. The van der Waals surface area contributed by atoms with Crippen molar-refractivity contribution in [2.75, 3.05) is 6.54 Å². The second kappa shape index (κ2) is 13.3. The van der Waals surface area contributed by atoms with Crippen molar-refractivity contribution in [1.82, 2.24) is 10.8 Å². The quantitative estimate of drug-likeness (QED) is 0.353. The Kier molecular flexibility index (Phi) is 10.1. The molecule has 1 heterocycles. The zero-order chi connectivity index (χ0) is 26.3. The summed E-state index contributed by atoms with van der Waals surface area (Å²) in [5.41, 5.74) is 6.02. The average Bonchev–Trinajstić information content (AvgIpc) is 3.24. The molecule has 0 aromatic heterocycles. The van der Waals surface area contributed by atoms with E-state index in [1.807, 2.05) is 19.1 Å². The van der Waals surface area contributed by atoms with Crippen LogP contribution in [0.3, 0.4) is 0 Å². The van der Waals surface area contributed by atoms with Crippen LogP contribution in [-0.2, 0) is 4.84 Å². The fraction of sp³-hybridized carbons (Fsp3) is 0.700. The molecule has 37 heavy (non-hydrogen) atoms. The number of allylic oxidation sites excluding steroid dienone is 7. The summed E-state index contributed by atoms with van der Waals surface area (Å²) in [4.78, 5) is 10.6. The lowest BCUT2D eigenvalue weighted by molar-refractivity contribution is -0.168. The zero-order valence-corrected chi connectivity index (χ0v) is 22.5. The number of halogens is 3. The third-order valence-electron chi connectivity index (χ3n) is 8.51. The van der Waals surface area contributed by atoms with Crippen molar-refractivity contribution in [3.05, 3.63) is 47.1 Å². The van der Waals surface area contributed by atoms with Gasteiger partial charge in [0.25, 0.3) is 0 Å². The Labute approximate surface area is 220 Å². The fourth-order valence-corrected chi connectivity index (χ4v) is 6.29. The van der Waals surface area contributed by atoms with Gasteiger partial charge >= 0.3 is 6.18 Å². The van der Waals surface area contributed by atoms with Gasteiger partial charge in [0.2, 0.25) is 0 Å². The van der Waals surface area contributed by atoms with Gasteiger partial charge in [-0.25, -0.2) is 15.3 Å². The highest BCUT2D eigenvalue weighted by molar-refractivity contribution is 5.98. The van der Waals surface area contributed by atoms with Gasteiger partial charge < -0.3 is 5.32 Å². The summed E-state index contributed by atoms with van der Waals surface area (Å²) in [6.07, 6.45) is 16.3. The molecule has 5 unspecified atom stereocenters. The number of aliphatic imine (C=N–C) groups is 1. The Morgan fingerprint density at radius 2 is 1.97 bits per heavy atom. The predicted octanol–water partition coefficient (Wildman–Crippen LogP) is 7.71. The lowest BCUT2D eigenvalue weighted by atomic mass is 9.79. The third-order valence-corrected chi connectivity index (χ3v) is 8.51. The Morgan fingerprint density at radius 3 is 2.73 bits per heavy atom. The molecule has 1 aliphatic heterocycles. The zero-order valence-electron chi connectivity index (χ0n) is 22.5. The molecule has 3 aliphatic carbocycles. The topological polar surface area (TPSA) is 45.7 Å². The molecule has 2 N–H and O–H groups in total. The van der Waals surface area contributed by atoms with Gasteiger partial charge in [-0.1, -0.05) is 54.9 Å².